The van der Waals surface area contributed by atoms with Gasteiger partial charge in [0.1, 0.15) is 16.2 Å². The van der Waals surface area contributed by atoms with E-state index in [1.54, 1.807) is 6.07 Å². The number of carboxylic acids is 1. The number of carboxylic acid groups (broad SMARTS) is 1. The van der Waals surface area contributed by atoms with Gasteiger partial charge in [0.05, 0.1) is 13.2 Å². The molecule has 2 aromatic rings. The average molecular weight is 413 g/mol. The number of hydrogen-bond donors (Lipinski definition) is 1. The molecule has 1 aromatic carbocycles. The molecule has 4 heterocycles. The number of carbonyl (C=O) groups excluding carboxylic acids is 1. The first-order valence-corrected chi connectivity index (χ1v) is 10.9. The van der Waals surface area contributed by atoms with E-state index in [-0.39, 0.29) is 5.91 Å². The van der Waals surface area contributed by atoms with Crippen molar-refractivity contribution in [3.8, 4) is 5.75 Å². The van der Waals surface area contributed by atoms with Crippen LogP contribution >= 0.6 is 11.3 Å². The van der Waals surface area contributed by atoms with Crippen LogP contribution in [-0.2, 0) is 23.2 Å². The molecule has 0 bridgehead atoms. The van der Waals surface area contributed by atoms with Crippen molar-refractivity contribution in [2.75, 3.05) is 26.3 Å². The average Bonchev–Trinajstić information content (AvgIpc) is 3.20. The predicted octanol–water partition coefficient (Wildman–Crippen LogP) is 3.48. The molecule has 152 valence electrons. The van der Waals surface area contributed by atoms with E-state index in [1.807, 2.05) is 23.1 Å². The minimum atomic E-state index is -0.886. The van der Waals surface area contributed by atoms with Crippen LogP contribution in [0.2, 0.25) is 0 Å². The molecule has 0 atom stereocenters. The zero-order valence-electron chi connectivity index (χ0n) is 16.1. The Hall–Kier alpha value is -2.38. The molecule has 1 spiro atoms. The van der Waals surface area contributed by atoms with Crippen molar-refractivity contribution in [1.29, 1.82) is 0 Å². The van der Waals surface area contributed by atoms with Gasteiger partial charge in [-0.1, -0.05) is 0 Å². The van der Waals surface area contributed by atoms with Crippen LogP contribution in [0.15, 0.2) is 24.3 Å². The van der Waals surface area contributed by atoms with Gasteiger partial charge in [0.2, 0.25) is 0 Å². The minimum Gasteiger partial charge on any atom is -0.493 e. The number of amides is 1. The Morgan fingerprint density at radius 1 is 1.07 bits per heavy atom. The summed E-state index contributed by atoms with van der Waals surface area (Å²) in [5, 5.41) is 9.35. The van der Waals surface area contributed by atoms with Crippen LogP contribution in [0.4, 0.5) is 0 Å². The molecule has 1 saturated heterocycles. The standard InChI is InChI=1S/C22H23NO5S/c24-20(16-3-4-17-14(12-16)2-1-10-27-17)23-8-6-22(7-9-23)19-15(5-11-28-22)13-18(29-19)21(25)26/h3-4,12-13H,1-2,5-11H2,(H,25,26). The molecule has 1 amide bonds. The number of likely N-dealkylation sites (tertiary alicyclic amines) is 1. The molecule has 29 heavy (non-hydrogen) atoms. The third-order valence-electron chi connectivity index (χ3n) is 6.20. The number of aryl methyl sites for hydroxylation is 1. The second-order valence-electron chi connectivity index (χ2n) is 7.93. The Morgan fingerprint density at radius 3 is 2.69 bits per heavy atom. The SMILES string of the molecule is O=C(O)c1cc2c(s1)C1(CCN(C(=O)c3ccc4c(c3)CCCO4)CC1)OCC2. The molecule has 5 rings (SSSR count). The van der Waals surface area contributed by atoms with Gasteiger partial charge in [-0.15, -0.1) is 11.3 Å². The fraction of sp³-hybridized carbons (Fsp3) is 0.455. The quantitative estimate of drug-likeness (QED) is 0.816. The number of thiophene rings is 1. The highest BCUT2D eigenvalue weighted by atomic mass is 32.1. The Kier molecular flexibility index (Phi) is 4.59. The van der Waals surface area contributed by atoms with Crippen molar-refractivity contribution in [1.82, 2.24) is 4.90 Å². The van der Waals surface area contributed by atoms with E-state index in [2.05, 4.69) is 0 Å². The largest absolute Gasteiger partial charge is 0.493 e. The van der Waals surface area contributed by atoms with Gasteiger partial charge in [0, 0.05) is 23.5 Å². The molecule has 1 N–H and O–H groups in total. The van der Waals surface area contributed by atoms with Crippen LogP contribution in [0.3, 0.4) is 0 Å². The molecule has 0 radical (unpaired) electrons. The van der Waals surface area contributed by atoms with Crippen molar-refractivity contribution >= 4 is 23.2 Å². The Morgan fingerprint density at radius 2 is 1.90 bits per heavy atom. The summed E-state index contributed by atoms with van der Waals surface area (Å²) in [6.45, 7) is 2.54. The summed E-state index contributed by atoms with van der Waals surface area (Å²) in [6, 6.07) is 7.52. The second-order valence-corrected chi connectivity index (χ2v) is 8.98. The fourth-order valence-corrected chi connectivity index (χ4v) is 5.90. The number of rotatable bonds is 2. The molecule has 3 aliphatic heterocycles. The van der Waals surface area contributed by atoms with E-state index in [1.165, 1.54) is 11.3 Å². The van der Waals surface area contributed by atoms with E-state index in [0.717, 1.165) is 47.6 Å². The highest BCUT2D eigenvalue weighted by Crippen LogP contribution is 2.45. The minimum absolute atomic E-state index is 0.0432. The van der Waals surface area contributed by atoms with Gasteiger partial charge in [-0.3, -0.25) is 4.79 Å². The third kappa shape index (κ3) is 3.22. The van der Waals surface area contributed by atoms with Gasteiger partial charge >= 0.3 is 5.97 Å². The van der Waals surface area contributed by atoms with Gasteiger partial charge in [0.15, 0.2) is 0 Å². The molecule has 0 saturated carbocycles. The monoisotopic (exact) mass is 413 g/mol. The molecule has 1 fully saturated rings. The van der Waals surface area contributed by atoms with Crippen molar-refractivity contribution in [2.45, 2.75) is 37.7 Å². The Balaban J connectivity index is 1.33. The first-order valence-electron chi connectivity index (χ1n) is 10.1. The zero-order chi connectivity index (χ0) is 20.0. The zero-order valence-corrected chi connectivity index (χ0v) is 16.9. The Bertz CT molecular complexity index is 974. The van der Waals surface area contributed by atoms with Crippen LogP contribution in [0, 0.1) is 0 Å². The van der Waals surface area contributed by atoms with Gasteiger partial charge in [0.25, 0.3) is 5.91 Å². The first kappa shape index (κ1) is 18.6. The van der Waals surface area contributed by atoms with Crippen LogP contribution in [0.5, 0.6) is 5.75 Å². The molecule has 0 aliphatic carbocycles. The molecule has 7 heteroatoms. The number of aromatic carboxylic acids is 1. The maximum atomic E-state index is 13.1. The lowest BCUT2D eigenvalue weighted by molar-refractivity contribution is -0.0906. The van der Waals surface area contributed by atoms with Crippen molar-refractivity contribution < 1.29 is 24.2 Å². The summed E-state index contributed by atoms with van der Waals surface area (Å²) in [5.41, 5.74) is 2.45. The molecular weight excluding hydrogens is 390 g/mol. The van der Waals surface area contributed by atoms with E-state index in [4.69, 9.17) is 9.47 Å². The molecule has 3 aliphatic rings. The van der Waals surface area contributed by atoms with Crippen molar-refractivity contribution in [2.24, 2.45) is 0 Å². The predicted molar refractivity (Wildman–Crippen MR) is 108 cm³/mol. The smallest absolute Gasteiger partial charge is 0.345 e. The number of hydrogen-bond acceptors (Lipinski definition) is 5. The summed E-state index contributed by atoms with van der Waals surface area (Å²) in [5.74, 6) is 0.0469. The lowest BCUT2D eigenvalue weighted by Crippen LogP contribution is -2.47. The van der Waals surface area contributed by atoms with Crippen LogP contribution in [0.1, 0.15) is 55.3 Å². The fourth-order valence-electron chi connectivity index (χ4n) is 4.65. The number of nitrogens with zero attached hydrogens (tertiary/aromatic N) is 1. The summed E-state index contributed by atoms with van der Waals surface area (Å²) in [6.07, 6.45) is 4.07. The second kappa shape index (κ2) is 7.15. The molecule has 1 aromatic heterocycles. The number of carbonyl (C=O) groups is 2. The summed E-state index contributed by atoms with van der Waals surface area (Å²) in [7, 11) is 0. The number of benzene rings is 1. The van der Waals surface area contributed by atoms with E-state index < -0.39 is 11.6 Å². The highest BCUT2D eigenvalue weighted by Gasteiger charge is 2.43. The number of fused-ring (bicyclic) bond motifs is 3. The topological polar surface area (TPSA) is 76.1 Å². The lowest BCUT2D eigenvalue weighted by Gasteiger charge is -2.43. The highest BCUT2D eigenvalue weighted by molar-refractivity contribution is 7.14. The summed E-state index contributed by atoms with van der Waals surface area (Å²) < 4.78 is 11.8. The van der Waals surface area contributed by atoms with Gasteiger partial charge in [-0.05, 0) is 67.5 Å². The summed E-state index contributed by atoms with van der Waals surface area (Å²) >= 11 is 1.33. The van der Waals surface area contributed by atoms with Gasteiger partial charge < -0.3 is 19.5 Å². The number of piperidine rings is 1. The normalized spacial score (nSPS) is 19.9. The number of ether oxygens (including phenoxy) is 2. The Labute approximate surface area is 173 Å². The first-order chi connectivity index (χ1) is 14.1. The van der Waals surface area contributed by atoms with Gasteiger partial charge in [-0.2, -0.15) is 0 Å². The molecule has 6 nitrogen and oxygen atoms in total. The maximum absolute atomic E-state index is 13.1. The summed E-state index contributed by atoms with van der Waals surface area (Å²) in [4.78, 5) is 27.8. The van der Waals surface area contributed by atoms with Gasteiger partial charge in [-0.25, -0.2) is 4.79 Å². The van der Waals surface area contributed by atoms with E-state index in [9.17, 15) is 14.7 Å². The maximum Gasteiger partial charge on any atom is 0.345 e. The van der Waals surface area contributed by atoms with Crippen LogP contribution < -0.4 is 4.74 Å². The van der Waals surface area contributed by atoms with Crippen LogP contribution in [-0.4, -0.2) is 48.2 Å². The van der Waals surface area contributed by atoms with Crippen molar-refractivity contribution in [3.05, 3.63) is 50.7 Å². The van der Waals surface area contributed by atoms with Crippen molar-refractivity contribution in [3.63, 3.8) is 0 Å². The van der Waals surface area contributed by atoms with E-state index >= 15 is 0 Å². The van der Waals surface area contributed by atoms with E-state index in [0.29, 0.717) is 43.0 Å². The molecule has 0 unspecified atom stereocenters. The third-order valence-corrected chi connectivity index (χ3v) is 7.55. The molecular formula is C22H23NO5S. The lowest BCUT2D eigenvalue weighted by atomic mass is 9.85. The van der Waals surface area contributed by atoms with Crippen LogP contribution in [0.25, 0.3) is 0 Å².